The lowest BCUT2D eigenvalue weighted by Gasteiger charge is -2.06. The lowest BCUT2D eigenvalue weighted by molar-refractivity contribution is 1.14. The van der Waals surface area contributed by atoms with Gasteiger partial charge in [0.05, 0.1) is 0 Å². The van der Waals surface area contributed by atoms with E-state index in [0.29, 0.717) is 6.54 Å². The monoisotopic (exact) mass is 221 g/mol. The van der Waals surface area contributed by atoms with Gasteiger partial charge in [-0.2, -0.15) is 0 Å². The topological polar surface area (TPSA) is 26.0 Å². The molecule has 17 heavy (non-hydrogen) atoms. The van der Waals surface area contributed by atoms with Crippen molar-refractivity contribution in [2.24, 2.45) is 5.73 Å². The van der Waals surface area contributed by atoms with Crippen LogP contribution < -0.4 is 5.73 Å². The quantitative estimate of drug-likeness (QED) is 0.669. The van der Waals surface area contributed by atoms with Crippen LogP contribution >= 0.6 is 0 Å². The Balaban J connectivity index is 2.39. The van der Waals surface area contributed by atoms with E-state index in [0.717, 1.165) is 0 Å². The molecule has 0 fully saturated rings. The number of nitrogens with two attached hydrogens (primary N) is 1. The Morgan fingerprint density at radius 3 is 1.65 bits per heavy atom. The van der Waals surface area contributed by atoms with Crippen molar-refractivity contribution >= 4 is 5.57 Å². The molecule has 2 aromatic rings. The summed E-state index contributed by atoms with van der Waals surface area (Å²) in [4.78, 5) is 0. The van der Waals surface area contributed by atoms with Crippen LogP contribution in [0.3, 0.4) is 0 Å². The molecule has 2 N–H and O–H groups in total. The van der Waals surface area contributed by atoms with Crippen LogP contribution in [-0.2, 0) is 0 Å². The first-order chi connectivity index (χ1) is 8.33. The maximum Gasteiger partial charge on any atom is 0.0143 e. The van der Waals surface area contributed by atoms with Crippen molar-refractivity contribution in [3.05, 3.63) is 65.2 Å². The van der Waals surface area contributed by atoms with Gasteiger partial charge in [0.25, 0.3) is 0 Å². The summed E-state index contributed by atoms with van der Waals surface area (Å²) in [5, 5.41) is 0. The molecule has 0 unspecified atom stereocenters. The van der Waals surface area contributed by atoms with Crippen molar-refractivity contribution in [3.8, 4) is 11.1 Å². The normalized spacial score (nSPS) is 12.2. The van der Waals surface area contributed by atoms with E-state index < -0.39 is 0 Å². The maximum atomic E-state index is 5.81. The maximum absolute atomic E-state index is 5.81. The van der Waals surface area contributed by atoms with Crippen molar-refractivity contribution in [1.82, 2.24) is 0 Å². The first-order valence-corrected chi connectivity index (χ1v) is 5.92. The first kappa shape index (κ1) is 10.3. The van der Waals surface area contributed by atoms with E-state index in [1.807, 2.05) is 0 Å². The Morgan fingerprint density at radius 2 is 1.24 bits per heavy atom. The second-order valence-corrected chi connectivity index (χ2v) is 4.45. The predicted molar refractivity (Wildman–Crippen MR) is 72.6 cm³/mol. The van der Waals surface area contributed by atoms with Crippen LogP contribution in [0.15, 0.2) is 54.1 Å². The van der Waals surface area contributed by atoms with Crippen LogP contribution in [0.4, 0.5) is 0 Å². The van der Waals surface area contributed by atoms with Crippen LogP contribution in [0.5, 0.6) is 0 Å². The zero-order valence-corrected chi connectivity index (χ0v) is 9.90. The van der Waals surface area contributed by atoms with Gasteiger partial charge in [-0.25, -0.2) is 0 Å². The van der Waals surface area contributed by atoms with E-state index in [2.05, 4.69) is 55.5 Å². The van der Waals surface area contributed by atoms with Crippen LogP contribution in [0.2, 0.25) is 0 Å². The van der Waals surface area contributed by atoms with Gasteiger partial charge in [0.2, 0.25) is 0 Å². The molecule has 0 bridgehead atoms. The fraction of sp³-hybridized carbons (Fsp3) is 0.125. The molecule has 0 spiro atoms. The van der Waals surface area contributed by atoms with Crippen molar-refractivity contribution in [1.29, 1.82) is 0 Å². The molecule has 0 amide bonds. The van der Waals surface area contributed by atoms with Crippen molar-refractivity contribution in [2.45, 2.75) is 6.92 Å². The summed E-state index contributed by atoms with van der Waals surface area (Å²) in [5.41, 5.74) is 13.7. The molecule has 1 aliphatic carbocycles. The largest absolute Gasteiger partial charge is 0.327 e. The molecule has 1 nitrogen and oxygen atoms in total. The van der Waals surface area contributed by atoms with E-state index >= 15 is 0 Å². The van der Waals surface area contributed by atoms with Gasteiger partial charge < -0.3 is 5.73 Å². The molecule has 0 saturated carbocycles. The van der Waals surface area contributed by atoms with Gasteiger partial charge >= 0.3 is 0 Å². The third-order valence-corrected chi connectivity index (χ3v) is 3.42. The average molecular weight is 221 g/mol. The minimum Gasteiger partial charge on any atom is -0.327 e. The number of hydrogen-bond acceptors (Lipinski definition) is 1. The third kappa shape index (κ3) is 1.43. The van der Waals surface area contributed by atoms with Gasteiger partial charge in [0.15, 0.2) is 0 Å². The Hall–Kier alpha value is -1.86. The van der Waals surface area contributed by atoms with Crippen LogP contribution in [0, 0.1) is 0 Å². The van der Waals surface area contributed by atoms with Gasteiger partial charge in [0, 0.05) is 6.54 Å². The SMILES string of the molecule is CC(CN)=C1c2ccccc2-c2ccccc21. The molecule has 0 radical (unpaired) electrons. The van der Waals surface area contributed by atoms with Gasteiger partial charge in [-0.1, -0.05) is 54.1 Å². The fourth-order valence-corrected chi connectivity index (χ4v) is 2.58. The van der Waals surface area contributed by atoms with E-state index in [4.69, 9.17) is 5.73 Å². The standard InChI is InChI=1S/C16H15N/c1-11(10-17)16-14-8-4-2-6-12(14)13-7-3-5-9-15(13)16/h2-9H,10,17H2,1H3. The van der Waals surface area contributed by atoms with Gasteiger partial charge in [0.1, 0.15) is 0 Å². The summed E-state index contributed by atoms with van der Waals surface area (Å²) in [6.45, 7) is 2.73. The van der Waals surface area contributed by atoms with Crippen LogP contribution in [0.1, 0.15) is 18.1 Å². The summed E-state index contributed by atoms with van der Waals surface area (Å²) in [6, 6.07) is 17.1. The first-order valence-electron chi connectivity index (χ1n) is 5.92. The average Bonchev–Trinajstić information content (AvgIpc) is 2.72. The Bertz CT molecular complexity index is 561. The van der Waals surface area contributed by atoms with Crippen molar-refractivity contribution in [3.63, 3.8) is 0 Å². The van der Waals surface area contributed by atoms with Crippen molar-refractivity contribution in [2.75, 3.05) is 6.54 Å². The van der Waals surface area contributed by atoms with Gasteiger partial charge in [-0.3, -0.25) is 0 Å². The van der Waals surface area contributed by atoms with E-state index in [9.17, 15) is 0 Å². The Kier molecular flexibility index (Phi) is 2.34. The lowest BCUT2D eigenvalue weighted by atomic mass is 9.99. The van der Waals surface area contributed by atoms with Crippen molar-refractivity contribution < 1.29 is 0 Å². The third-order valence-electron chi connectivity index (χ3n) is 3.42. The van der Waals surface area contributed by atoms with E-state index in [1.165, 1.54) is 33.4 Å². The lowest BCUT2D eigenvalue weighted by Crippen LogP contribution is -2.02. The molecule has 2 aromatic carbocycles. The summed E-state index contributed by atoms with van der Waals surface area (Å²) in [5.74, 6) is 0. The molecule has 0 aliphatic heterocycles. The molecular formula is C16H15N. The number of hydrogen-bond donors (Lipinski definition) is 1. The number of benzene rings is 2. The highest BCUT2D eigenvalue weighted by Gasteiger charge is 2.23. The number of rotatable bonds is 1. The highest BCUT2D eigenvalue weighted by atomic mass is 14.5. The second kappa shape index (κ2) is 3.86. The van der Waals surface area contributed by atoms with E-state index in [1.54, 1.807) is 0 Å². The zero-order valence-electron chi connectivity index (χ0n) is 9.90. The molecule has 1 heteroatoms. The molecule has 0 aromatic heterocycles. The van der Waals surface area contributed by atoms with Gasteiger partial charge in [-0.15, -0.1) is 0 Å². The zero-order chi connectivity index (χ0) is 11.8. The van der Waals surface area contributed by atoms with E-state index in [-0.39, 0.29) is 0 Å². The number of fused-ring (bicyclic) bond motifs is 3. The highest BCUT2D eigenvalue weighted by molar-refractivity contribution is 6.02. The minimum atomic E-state index is 0.609. The fourth-order valence-electron chi connectivity index (χ4n) is 2.58. The van der Waals surface area contributed by atoms with Crippen LogP contribution in [-0.4, -0.2) is 6.54 Å². The molecular weight excluding hydrogens is 206 g/mol. The molecule has 0 atom stereocenters. The molecule has 0 heterocycles. The molecule has 3 rings (SSSR count). The second-order valence-electron chi connectivity index (χ2n) is 4.45. The summed E-state index contributed by atoms with van der Waals surface area (Å²) in [7, 11) is 0. The smallest absolute Gasteiger partial charge is 0.0143 e. The minimum absolute atomic E-state index is 0.609. The summed E-state index contributed by atoms with van der Waals surface area (Å²) < 4.78 is 0. The summed E-state index contributed by atoms with van der Waals surface area (Å²) >= 11 is 0. The highest BCUT2D eigenvalue weighted by Crippen LogP contribution is 2.44. The Labute approximate surface area is 102 Å². The molecule has 1 aliphatic rings. The Morgan fingerprint density at radius 1 is 0.824 bits per heavy atom. The van der Waals surface area contributed by atoms with Gasteiger partial charge in [-0.05, 0) is 34.8 Å². The predicted octanol–water partition coefficient (Wildman–Crippen LogP) is 3.45. The molecule has 84 valence electrons. The molecule has 0 saturated heterocycles. The summed E-state index contributed by atoms with van der Waals surface area (Å²) in [6.07, 6.45) is 0. The van der Waals surface area contributed by atoms with Crippen LogP contribution in [0.25, 0.3) is 16.7 Å².